The van der Waals surface area contributed by atoms with Gasteiger partial charge in [-0.05, 0) is 12.8 Å². The Morgan fingerprint density at radius 2 is 1.33 bits per heavy atom. The molecule has 6 nitrogen and oxygen atoms in total. The molecule has 126 valence electrons. The van der Waals surface area contributed by atoms with Crippen LogP contribution < -0.4 is 9.13 Å². The fourth-order valence-electron chi connectivity index (χ4n) is 2.62. The normalized spacial score (nSPS) is 11.1. The standard InChI is InChI=1S/C18H26N6/c1-3-5-7-21-9-11-23(15-21)17-13-18(20-14-19-17)24-12-10-22(16-24)8-6-4-2/h9-16H,3-8H2,1-2H3/q+2. The first-order chi connectivity index (χ1) is 11.8. The van der Waals surface area contributed by atoms with Crippen molar-refractivity contribution in [1.29, 1.82) is 0 Å². The highest BCUT2D eigenvalue weighted by atomic mass is 15.2. The maximum Gasteiger partial charge on any atom is 0.250 e. The van der Waals surface area contributed by atoms with Crippen molar-refractivity contribution in [2.45, 2.75) is 52.6 Å². The minimum atomic E-state index is 0.879. The molecule has 0 fully saturated rings. The third kappa shape index (κ3) is 3.88. The van der Waals surface area contributed by atoms with Crippen LogP contribution in [0.25, 0.3) is 11.6 Å². The molecule has 0 unspecified atom stereocenters. The smallest absolute Gasteiger partial charge is 0.236 e. The van der Waals surface area contributed by atoms with Crippen LogP contribution in [-0.2, 0) is 13.1 Å². The fraction of sp³-hybridized carbons (Fsp3) is 0.444. The molecule has 0 saturated heterocycles. The molecule has 6 heteroatoms. The zero-order chi connectivity index (χ0) is 16.8. The topological polar surface area (TPSA) is 43.4 Å². The Bertz CT molecular complexity index is 712. The van der Waals surface area contributed by atoms with E-state index in [1.54, 1.807) is 6.33 Å². The van der Waals surface area contributed by atoms with Crippen LogP contribution in [0.4, 0.5) is 0 Å². The van der Waals surface area contributed by atoms with E-state index < -0.39 is 0 Å². The van der Waals surface area contributed by atoms with Crippen LogP contribution in [0.2, 0.25) is 0 Å². The lowest BCUT2D eigenvalue weighted by molar-refractivity contribution is -0.696. The van der Waals surface area contributed by atoms with Crippen molar-refractivity contribution >= 4 is 0 Å². The van der Waals surface area contributed by atoms with E-state index in [1.807, 2.05) is 27.6 Å². The Balaban J connectivity index is 1.78. The van der Waals surface area contributed by atoms with Gasteiger partial charge in [0.15, 0.2) is 0 Å². The fourth-order valence-corrected chi connectivity index (χ4v) is 2.62. The molecule has 3 heterocycles. The molecule has 0 aliphatic carbocycles. The summed E-state index contributed by atoms with van der Waals surface area (Å²) < 4.78 is 8.46. The van der Waals surface area contributed by atoms with E-state index in [-0.39, 0.29) is 0 Å². The molecule has 3 aromatic heterocycles. The molecule has 0 radical (unpaired) electrons. The lowest BCUT2D eigenvalue weighted by atomic mass is 10.3. The highest BCUT2D eigenvalue weighted by molar-refractivity contribution is 5.31. The summed E-state index contributed by atoms with van der Waals surface area (Å²) in [6, 6.07) is 2.01. The first kappa shape index (κ1) is 16.4. The van der Waals surface area contributed by atoms with Crippen molar-refractivity contribution in [3.8, 4) is 11.6 Å². The van der Waals surface area contributed by atoms with Gasteiger partial charge in [-0.3, -0.25) is 0 Å². The van der Waals surface area contributed by atoms with Gasteiger partial charge in [0.05, 0.1) is 19.2 Å². The minimum absolute atomic E-state index is 0.879. The summed E-state index contributed by atoms with van der Waals surface area (Å²) in [5.74, 6) is 1.76. The number of rotatable bonds is 8. The molecule has 0 saturated carbocycles. The van der Waals surface area contributed by atoms with Crippen molar-refractivity contribution in [3.05, 3.63) is 49.8 Å². The van der Waals surface area contributed by atoms with Gasteiger partial charge in [0.1, 0.15) is 31.1 Å². The largest absolute Gasteiger partial charge is 0.250 e. The predicted molar refractivity (Wildman–Crippen MR) is 90.9 cm³/mol. The van der Waals surface area contributed by atoms with Gasteiger partial charge in [0.25, 0.3) is 0 Å². The number of nitrogens with zero attached hydrogens (tertiary/aromatic N) is 6. The quantitative estimate of drug-likeness (QED) is 0.596. The number of aryl methyl sites for hydroxylation is 2. The number of aromatic nitrogens is 6. The number of unbranched alkanes of at least 4 members (excludes halogenated alkanes) is 2. The summed E-state index contributed by atoms with van der Waals surface area (Å²) in [5, 5.41) is 0. The number of imidazole rings is 2. The van der Waals surface area contributed by atoms with Crippen LogP contribution in [0.5, 0.6) is 0 Å². The van der Waals surface area contributed by atoms with Crippen LogP contribution in [0.1, 0.15) is 39.5 Å². The van der Waals surface area contributed by atoms with Gasteiger partial charge in [-0.1, -0.05) is 26.7 Å². The van der Waals surface area contributed by atoms with E-state index in [9.17, 15) is 0 Å². The van der Waals surface area contributed by atoms with E-state index >= 15 is 0 Å². The summed E-state index contributed by atoms with van der Waals surface area (Å²) in [6.07, 6.45) is 18.8. The Morgan fingerprint density at radius 1 is 0.833 bits per heavy atom. The zero-order valence-corrected chi connectivity index (χ0v) is 14.5. The highest BCUT2D eigenvalue weighted by Gasteiger charge is 2.13. The van der Waals surface area contributed by atoms with Crippen molar-refractivity contribution in [2.24, 2.45) is 0 Å². The van der Waals surface area contributed by atoms with E-state index in [1.165, 1.54) is 25.7 Å². The molecule has 0 aliphatic rings. The van der Waals surface area contributed by atoms with Crippen LogP contribution >= 0.6 is 0 Å². The minimum Gasteiger partial charge on any atom is -0.236 e. The van der Waals surface area contributed by atoms with Gasteiger partial charge in [-0.15, -0.1) is 0 Å². The molecular formula is C18H26N6+2. The molecule has 3 aromatic rings. The van der Waals surface area contributed by atoms with Gasteiger partial charge < -0.3 is 0 Å². The van der Waals surface area contributed by atoms with Gasteiger partial charge in [-0.25, -0.2) is 9.13 Å². The second-order valence-electron chi connectivity index (χ2n) is 6.06. The lowest BCUT2D eigenvalue weighted by Gasteiger charge is -1.97. The third-order valence-electron chi connectivity index (χ3n) is 4.09. The number of hydrogen-bond donors (Lipinski definition) is 0. The molecule has 0 amide bonds. The summed E-state index contributed by atoms with van der Waals surface area (Å²) >= 11 is 0. The molecule has 0 atom stereocenters. The maximum absolute atomic E-state index is 4.40. The zero-order valence-electron chi connectivity index (χ0n) is 14.5. The van der Waals surface area contributed by atoms with Crippen LogP contribution in [0.15, 0.2) is 49.8 Å². The number of hydrogen-bond acceptors (Lipinski definition) is 2. The molecule has 0 aromatic carbocycles. The van der Waals surface area contributed by atoms with Gasteiger partial charge >= 0.3 is 0 Å². The van der Waals surface area contributed by atoms with Gasteiger partial charge in [-0.2, -0.15) is 19.1 Å². The van der Waals surface area contributed by atoms with Crippen LogP contribution in [0.3, 0.4) is 0 Å². The van der Waals surface area contributed by atoms with Crippen molar-refractivity contribution in [1.82, 2.24) is 19.1 Å². The first-order valence-electron chi connectivity index (χ1n) is 8.77. The Kier molecular flexibility index (Phi) is 5.36. The predicted octanol–water partition coefficient (Wildman–Crippen LogP) is 2.23. The van der Waals surface area contributed by atoms with Gasteiger partial charge in [0.2, 0.25) is 24.3 Å². The highest BCUT2D eigenvalue weighted by Crippen LogP contribution is 2.08. The summed E-state index contributed by atoms with van der Waals surface area (Å²) in [6.45, 7) is 6.49. The van der Waals surface area contributed by atoms with Crippen LogP contribution in [-0.4, -0.2) is 19.1 Å². The summed E-state index contributed by atoms with van der Waals surface area (Å²) in [7, 11) is 0. The van der Waals surface area contributed by atoms with E-state index in [0.29, 0.717) is 0 Å². The summed E-state index contributed by atoms with van der Waals surface area (Å²) in [4.78, 5) is 8.81. The third-order valence-corrected chi connectivity index (χ3v) is 4.09. The van der Waals surface area contributed by atoms with Crippen molar-refractivity contribution in [3.63, 3.8) is 0 Å². The van der Waals surface area contributed by atoms with Crippen LogP contribution in [0, 0.1) is 0 Å². The van der Waals surface area contributed by atoms with Crippen molar-refractivity contribution < 1.29 is 9.13 Å². The molecule has 0 N–H and O–H groups in total. The average molecular weight is 326 g/mol. The molecular weight excluding hydrogens is 300 g/mol. The molecule has 24 heavy (non-hydrogen) atoms. The maximum atomic E-state index is 4.40. The molecule has 3 rings (SSSR count). The molecule has 0 spiro atoms. The van der Waals surface area contributed by atoms with E-state index in [4.69, 9.17) is 0 Å². The Labute approximate surface area is 143 Å². The summed E-state index contributed by atoms with van der Waals surface area (Å²) in [5.41, 5.74) is 0. The molecule has 0 bridgehead atoms. The van der Waals surface area contributed by atoms with Crippen molar-refractivity contribution in [2.75, 3.05) is 0 Å². The van der Waals surface area contributed by atoms with E-state index in [2.05, 4.69) is 58.0 Å². The first-order valence-corrected chi connectivity index (χ1v) is 8.77. The van der Waals surface area contributed by atoms with E-state index in [0.717, 1.165) is 24.7 Å². The SMILES string of the molecule is CCCC[n+]1ccn(-c2cc(-n3cc[n+](CCCC)c3)ncn2)c1. The monoisotopic (exact) mass is 326 g/mol. The Morgan fingerprint density at radius 3 is 1.79 bits per heavy atom. The van der Waals surface area contributed by atoms with Gasteiger partial charge in [0, 0.05) is 0 Å². The lowest BCUT2D eigenvalue weighted by Crippen LogP contribution is -2.30. The average Bonchev–Trinajstić information content (AvgIpc) is 3.28. The second-order valence-corrected chi connectivity index (χ2v) is 6.06. The second kappa shape index (κ2) is 7.86. The Hall–Kier alpha value is -2.50. The molecule has 0 aliphatic heterocycles.